The molecule has 2 aliphatic rings. The lowest BCUT2D eigenvalue weighted by Crippen LogP contribution is -2.45. The zero-order chi connectivity index (χ0) is 16.6. The first-order valence-electron chi connectivity index (χ1n) is 9.08. The van der Waals surface area contributed by atoms with Crippen LogP contribution in [-0.2, 0) is 11.2 Å². The summed E-state index contributed by atoms with van der Waals surface area (Å²) in [5, 5.41) is 12.4. The summed E-state index contributed by atoms with van der Waals surface area (Å²) in [6.07, 6.45) is 2.88. The Morgan fingerprint density at radius 2 is 1.62 bits per heavy atom. The first-order chi connectivity index (χ1) is 11.8. The fraction of sp³-hybridized carbons (Fsp3) is 0.632. The third kappa shape index (κ3) is 5.20. The Kier molecular flexibility index (Phi) is 6.48. The molecule has 0 unspecified atom stereocenters. The van der Waals surface area contributed by atoms with E-state index >= 15 is 0 Å². The van der Waals surface area contributed by atoms with Crippen LogP contribution in [0.5, 0.6) is 0 Å². The van der Waals surface area contributed by atoms with Crippen molar-refractivity contribution in [3.63, 3.8) is 0 Å². The van der Waals surface area contributed by atoms with E-state index in [1.165, 1.54) is 44.7 Å². The number of nitriles is 1. The van der Waals surface area contributed by atoms with Crippen molar-refractivity contribution in [2.45, 2.75) is 25.3 Å². The van der Waals surface area contributed by atoms with Gasteiger partial charge in [0.15, 0.2) is 0 Å². The van der Waals surface area contributed by atoms with Gasteiger partial charge in [0.1, 0.15) is 0 Å². The van der Waals surface area contributed by atoms with Crippen LogP contribution in [0.15, 0.2) is 24.3 Å². The van der Waals surface area contributed by atoms with Gasteiger partial charge in [0, 0.05) is 51.0 Å². The molecular formula is C19H28N4O. The molecule has 0 radical (unpaired) electrons. The van der Waals surface area contributed by atoms with E-state index in [9.17, 15) is 0 Å². The molecular weight excluding hydrogens is 300 g/mol. The molecule has 2 heterocycles. The first-order valence-corrected chi connectivity index (χ1v) is 9.08. The molecule has 130 valence electrons. The van der Waals surface area contributed by atoms with E-state index in [1.54, 1.807) is 0 Å². The number of morpholine rings is 1. The molecule has 0 atom stereocenters. The molecule has 3 rings (SSSR count). The van der Waals surface area contributed by atoms with Gasteiger partial charge in [-0.3, -0.25) is 4.90 Å². The van der Waals surface area contributed by atoms with Crippen LogP contribution in [0, 0.1) is 11.3 Å². The van der Waals surface area contributed by atoms with E-state index in [2.05, 4.69) is 33.3 Å². The highest BCUT2D eigenvalue weighted by molar-refractivity contribution is 5.45. The van der Waals surface area contributed by atoms with Crippen LogP contribution < -0.4 is 5.32 Å². The molecule has 5 heteroatoms. The normalized spacial score (nSPS) is 20.6. The lowest BCUT2D eigenvalue weighted by molar-refractivity contribution is 0.0322. The molecule has 1 N–H and O–H groups in total. The van der Waals surface area contributed by atoms with E-state index in [0.717, 1.165) is 31.9 Å². The second kappa shape index (κ2) is 9.03. The number of benzene rings is 1. The Morgan fingerprint density at radius 3 is 2.25 bits per heavy atom. The predicted octanol–water partition coefficient (Wildman–Crippen LogP) is 1.96. The summed E-state index contributed by atoms with van der Waals surface area (Å²) < 4.78 is 5.40. The Labute approximate surface area is 145 Å². The molecule has 5 nitrogen and oxygen atoms in total. The van der Waals surface area contributed by atoms with Crippen LogP contribution >= 0.6 is 0 Å². The molecule has 2 fully saturated rings. The zero-order valence-corrected chi connectivity index (χ0v) is 14.4. The van der Waals surface area contributed by atoms with E-state index in [0.29, 0.717) is 12.5 Å². The van der Waals surface area contributed by atoms with Crippen LogP contribution in [0.1, 0.15) is 18.4 Å². The Balaban J connectivity index is 1.36. The lowest BCUT2D eigenvalue weighted by Gasteiger charge is -2.35. The number of rotatable bonds is 6. The van der Waals surface area contributed by atoms with Gasteiger partial charge >= 0.3 is 0 Å². The summed E-state index contributed by atoms with van der Waals surface area (Å²) in [5.74, 6) is 0. The summed E-state index contributed by atoms with van der Waals surface area (Å²) in [5.41, 5.74) is 2.25. The SMILES string of the molecule is N#CCc1ccc(NC2CCN(CCN3CCOCC3)CC2)cc1. The molecule has 0 saturated carbocycles. The van der Waals surface area contributed by atoms with Crippen LogP contribution in [0.3, 0.4) is 0 Å². The summed E-state index contributed by atoms with van der Waals surface area (Å²) >= 11 is 0. The first kappa shape index (κ1) is 17.2. The molecule has 0 aromatic heterocycles. The van der Waals surface area contributed by atoms with Gasteiger partial charge in [0.05, 0.1) is 25.7 Å². The van der Waals surface area contributed by atoms with E-state index in [-0.39, 0.29) is 0 Å². The summed E-state index contributed by atoms with van der Waals surface area (Å²) in [6, 6.07) is 11.0. The molecule has 0 spiro atoms. The number of hydrogen-bond acceptors (Lipinski definition) is 5. The highest BCUT2D eigenvalue weighted by atomic mass is 16.5. The number of hydrogen-bond donors (Lipinski definition) is 1. The second-order valence-corrected chi connectivity index (χ2v) is 6.75. The van der Waals surface area contributed by atoms with E-state index in [4.69, 9.17) is 10.00 Å². The highest BCUT2D eigenvalue weighted by Gasteiger charge is 2.20. The van der Waals surface area contributed by atoms with Gasteiger partial charge in [-0.2, -0.15) is 5.26 Å². The second-order valence-electron chi connectivity index (χ2n) is 6.75. The number of nitrogens with one attached hydrogen (secondary N) is 1. The quantitative estimate of drug-likeness (QED) is 0.865. The Morgan fingerprint density at radius 1 is 1.00 bits per heavy atom. The summed E-state index contributed by atoms with van der Waals surface area (Å²) in [4.78, 5) is 5.10. The smallest absolute Gasteiger partial charge is 0.0669 e. The van der Waals surface area contributed by atoms with Crippen LogP contribution in [0.2, 0.25) is 0 Å². The maximum Gasteiger partial charge on any atom is 0.0669 e. The van der Waals surface area contributed by atoms with Crippen LogP contribution in [-0.4, -0.2) is 68.3 Å². The monoisotopic (exact) mass is 328 g/mol. The van der Waals surface area contributed by atoms with Gasteiger partial charge in [-0.15, -0.1) is 0 Å². The molecule has 1 aromatic rings. The van der Waals surface area contributed by atoms with Gasteiger partial charge < -0.3 is 15.0 Å². The molecule has 0 aliphatic carbocycles. The molecule has 2 aliphatic heterocycles. The van der Waals surface area contributed by atoms with Crippen molar-refractivity contribution in [2.24, 2.45) is 0 Å². The van der Waals surface area contributed by atoms with Gasteiger partial charge in [-0.05, 0) is 30.5 Å². The van der Waals surface area contributed by atoms with Gasteiger partial charge in [0.25, 0.3) is 0 Å². The summed E-state index contributed by atoms with van der Waals surface area (Å²) in [7, 11) is 0. The topological polar surface area (TPSA) is 51.5 Å². The molecule has 0 amide bonds. The highest BCUT2D eigenvalue weighted by Crippen LogP contribution is 2.17. The van der Waals surface area contributed by atoms with Crippen molar-refractivity contribution >= 4 is 5.69 Å². The predicted molar refractivity (Wildman–Crippen MR) is 96.1 cm³/mol. The molecule has 0 bridgehead atoms. The van der Waals surface area contributed by atoms with Crippen LogP contribution in [0.4, 0.5) is 5.69 Å². The number of anilines is 1. The average Bonchev–Trinajstić information content (AvgIpc) is 2.64. The van der Waals surface area contributed by atoms with Crippen LogP contribution in [0.25, 0.3) is 0 Å². The van der Waals surface area contributed by atoms with E-state index < -0.39 is 0 Å². The molecule has 24 heavy (non-hydrogen) atoms. The van der Waals surface area contributed by atoms with Gasteiger partial charge in [0.2, 0.25) is 0 Å². The maximum atomic E-state index is 8.72. The lowest BCUT2D eigenvalue weighted by atomic mass is 10.0. The van der Waals surface area contributed by atoms with Gasteiger partial charge in [-0.1, -0.05) is 12.1 Å². The number of likely N-dealkylation sites (tertiary alicyclic amines) is 1. The Bertz CT molecular complexity index is 525. The Hall–Kier alpha value is -1.61. The minimum atomic E-state index is 0.488. The van der Waals surface area contributed by atoms with Crippen molar-refractivity contribution in [3.05, 3.63) is 29.8 Å². The van der Waals surface area contributed by atoms with Crippen molar-refractivity contribution in [1.82, 2.24) is 9.80 Å². The van der Waals surface area contributed by atoms with Crippen molar-refractivity contribution in [2.75, 3.05) is 57.8 Å². The maximum absolute atomic E-state index is 8.72. The fourth-order valence-electron chi connectivity index (χ4n) is 3.45. The van der Waals surface area contributed by atoms with E-state index in [1.807, 2.05) is 12.1 Å². The average molecular weight is 328 g/mol. The largest absolute Gasteiger partial charge is 0.382 e. The van der Waals surface area contributed by atoms with Crippen molar-refractivity contribution < 1.29 is 4.74 Å². The summed E-state index contributed by atoms with van der Waals surface area (Å²) in [6.45, 7) is 8.64. The number of ether oxygens (including phenoxy) is 1. The fourth-order valence-corrected chi connectivity index (χ4v) is 3.45. The minimum absolute atomic E-state index is 0.488. The van der Waals surface area contributed by atoms with Crippen molar-refractivity contribution in [1.29, 1.82) is 5.26 Å². The standard InChI is InChI=1S/C19H28N4O/c20-8-5-17-1-3-18(4-2-17)21-19-6-9-22(10-7-19)11-12-23-13-15-24-16-14-23/h1-4,19,21H,5-7,9-16H2. The van der Waals surface area contributed by atoms with Gasteiger partial charge in [-0.25, -0.2) is 0 Å². The minimum Gasteiger partial charge on any atom is -0.382 e. The third-order valence-electron chi connectivity index (χ3n) is 5.03. The molecule has 1 aromatic carbocycles. The third-order valence-corrected chi connectivity index (χ3v) is 5.03. The zero-order valence-electron chi connectivity index (χ0n) is 14.4. The number of nitrogens with zero attached hydrogens (tertiary/aromatic N) is 3. The molecule has 2 saturated heterocycles. The van der Waals surface area contributed by atoms with Crippen molar-refractivity contribution in [3.8, 4) is 6.07 Å². The number of piperidine rings is 1.